The molecule has 0 spiro atoms. The van der Waals surface area contributed by atoms with E-state index < -0.39 is 5.97 Å². The third-order valence-corrected chi connectivity index (χ3v) is 11.8. The first-order valence-electron chi connectivity index (χ1n) is 13.1. The number of alkyl halides is 1. The average molecular weight is 812 g/mol. The molecule has 2 N–H and O–H groups in total. The zero-order valence-electron chi connectivity index (χ0n) is 23.9. The standard InChI is InChI=1S/C13H26NO2S2.C8H14O2S2.C4H10BrN.2BrH/c1-14(2,3)9-10-16-13(15)7-5-4-6-12-8-11-17-18-12;9-8(10)4-2-1-3-7-5-6-11-12-7;1-6(2)4-3-5;;/h12H,4-11H2,1-3H3;7H,1-6H2,(H,9,10);3-4H2,1-2H3;2*1H/q+1;;;;/p-1/t12-;7-;;;/m11.../s1. The van der Waals surface area contributed by atoms with Gasteiger partial charge in [0, 0.05) is 34.8 Å². The van der Waals surface area contributed by atoms with E-state index in [1.807, 2.05) is 43.2 Å². The van der Waals surface area contributed by atoms with Crippen LogP contribution in [-0.4, -0.2) is 104 Å². The summed E-state index contributed by atoms with van der Waals surface area (Å²) in [5.74, 6) is 1.87. The van der Waals surface area contributed by atoms with Gasteiger partial charge in [-0.3, -0.25) is 9.59 Å². The minimum atomic E-state index is -0.663. The summed E-state index contributed by atoms with van der Waals surface area (Å²) < 4.78 is 6.06. The number of nitrogens with zero attached hydrogens (tertiary/aromatic N) is 1. The van der Waals surface area contributed by atoms with Crippen LogP contribution in [0.5, 0.6) is 0 Å². The molecule has 2 rings (SSSR count). The number of likely N-dealkylation sites (N-methyl/N-ethyl adjacent to an activating group) is 1. The molecule has 230 valence electrons. The van der Waals surface area contributed by atoms with Crippen molar-refractivity contribution in [1.29, 1.82) is 0 Å². The maximum absolute atomic E-state index is 11.5. The number of ether oxygens (including phenoxy) is 1. The lowest BCUT2D eigenvalue weighted by atomic mass is 10.1. The molecule has 6 nitrogen and oxygen atoms in total. The van der Waals surface area contributed by atoms with E-state index in [2.05, 4.69) is 51.2 Å². The van der Waals surface area contributed by atoms with Crippen LogP contribution in [0.25, 0.3) is 0 Å². The van der Waals surface area contributed by atoms with Gasteiger partial charge in [0.25, 0.3) is 0 Å². The van der Waals surface area contributed by atoms with Gasteiger partial charge >= 0.3 is 11.9 Å². The molecule has 0 aromatic rings. The number of hydrogen-bond donors (Lipinski definition) is 2. The van der Waals surface area contributed by atoms with Crippen LogP contribution in [-0.2, 0) is 14.3 Å². The van der Waals surface area contributed by atoms with E-state index in [4.69, 9.17) is 9.84 Å². The molecule has 2 saturated heterocycles. The second kappa shape index (κ2) is 28.8. The van der Waals surface area contributed by atoms with Gasteiger partial charge in [-0.25, -0.2) is 0 Å². The topological polar surface area (TPSA) is 68.0 Å². The van der Waals surface area contributed by atoms with Crippen LogP contribution in [0.2, 0.25) is 0 Å². The highest BCUT2D eigenvalue weighted by atomic mass is 79.9. The fourth-order valence-electron chi connectivity index (χ4n) is 3.11. The quantitative estimate of drug-likeness (QED) is 0.0740. The molecule has 2 heterocycles. The Bertz CT molecular complexity index is 565. The number of nitrogens with one attached hydrogen (secondary N) is 1. The predicted octanol–water partition coefficient (Wildman–Crippen LogP) is -0.731. The summed E-state index contributed by atoms with van der Waals surface area (Å²) >= 11 is 3.33. The number of esters is 1. The van der Waals surface area contributed by atoms with E-state index in [0.29, 0.717) is 19.4 Å². The molecular formula is C25H51Br3N2O4S4. The third kappa shape index (κ3) is 32.2. The molecule has 2 aliphatic rings. The molecule has 0 amide bonds. The molecule has 0 saturated carbocycles. The Kier molecular flexibility index (Phi) is 33.5. The summed E-state index contributed by atoms with van der Waals surface area (Å²) in [5.41, 5.74) is 0. The number of carboxylic acid groups (broad SMARTS) is 1. The molecule has 0 aromatic heterocycles. The molecule has 13 heteroatoms. The molecule has 2 aliphatic heterocycles. The molecule has 2 atom stereocenters. The summed E-state index contributed by atoms with van der Waals surface area (Å²) in [7, 11) is 18.5. The van der Waals surface area contributed by atoms with Gasteiger partial charge in [0.05, 0.1) is 47.1 Å². The van der Waals surface area contributed by atoms with Crippen LogP contribution in [0.3, 0.4) is 0 Å². The van der Waals surface area contributed by atoms with E-state index in [-0.39, 0.29) is 39.9 Å². The van der Waals surface area contributed by atoms with Crippen molar-refractivity contribution in [2.45, 2.75) is 74.7 Å². The molecule has 0 aromatic carbocycles. The Morgan fingerprint density at radius 1 is 0.921 bits per heavy atom. The fourth-order valence-corrected chi connectivity index (χ4v) is 9.96. The Labute approximate surface area is 278 Å². The van der Waals surface area contributed by atoms with Crippen molar-refractivity contribution in [2.24, 2.45) is 0 Å². The lowest BCUT2D eigenvalue weighted by molar-refractivity contribution is -0.870. The Morgan fingerprint density at radius 3 is 1.76 bits per heavy atom. The van der Waals surface area contributed by atoms with Crippen molar-refractivity contribution in [3.05, 3.63) is 0 Å². The lowest BCUT2D eigenvalue weighted by Crippen LogP contribution is -3.06. The highest BCUT2D eigenvalue weighted by molar-refractivity contribution is 9.09. The number of rotatable bonds is 15. The van der Waals surface area contributed by atoms with Crippen molar-refractivity contribution in [2.75, 3.05) is 71.8 Å². The van der Waals surface area contributed by atoms with Gasteiger partial charge in [-0.2, -0.15) is 0 Å². The fraction of sp³-hybridized carbons (Fsp3) is 0.920. The molecule has 38 heavy (non-hydrogen) atoms. The summed E-state index contributed by atoms with van der Waals surface area (Å²) in [5, 5.41) is 11.1. The SMILES string of the molecule is C[N+](C)(C)CCOC(=O)CCCC[C@@H]1CCSS1.C[NH+](C)CCBr.O=C(O)CCCC[C@@H]1CCSS1.[Br-].[Br-]. The average Bonchev–Trinajstić information content (AvgIpc) is 3.48. The van der Waals surface area contributed by atoms with Gasteiger partial charge in [0.15, 0.2) is 0 Å². The first-order valence-corrected chi connectivity index (χ1v) is 19.0. The number of carboxylic acids is 1. The maximum Gasteiger partial charge on any atom is 0.305 e. The first kappa shape index (κ1) is 44.1. The lowest BCUT2D eigenvalue weighted by Gasteiger charge is -2.23. The van der Waals surface area contributed by atoms with Gasteiger partial charge in [0.1, 0.15) is 13.2 Å². The summed E-state index contributed by atoms with van der Waals surface area (Å²) in [6, 6.07) is 0. The molecule has 0 bridgehead atoms. The van der Waals surface area contributed by atoms with Crippen LogP contribution in [0.4, 0.5) is 0 Å². The van der Waals surface area contributed by atoms with E-state index in [1.165, 1.54) is 48.6 Å². The number of hydrogen-bond acceptors (Lipinski definition) is 7. The second-order valence-electron chi connectivity index (χ2n) is 10.4. The van der Waals surface area contributed by atoms with Crippen LogP contribution >= 0.6 is 59.1 Å². The van der Waals surface area contributed by atoms with Gasteiger partial charge in [0.2, 0.25) is 0 Å². The zero-order chi connectivity index (χ0) is 27.2. The van der Waals surface area contributed by atoms with Crippen LogP contribution < -0.4 is 38.9 Å². The summed E-state index contributed by atoms with van der Waals surface area (Å²) in [6.07, 6.45) is 10.1. The highest BCUT2D eigenvalue weighted by Crippen LogP contribution is 2.40. The number of quaternary nitrogens is 2. The van der Waals surface area contributed by atoms with Crippen molar-refractivity contribution < 1.29 is 62.8 Å². The Morgan fingerprint density at radius 2 is 1.42 bits per heavy atom. The first-order chi connectivity index (χ1) is 17.0. The minimum absolute atomic E-state index is 0. The Hall–Kier alpha value is 1.70. The highest BCUT2D eigenvalue weighted by Gasteiger charge is 2.17. The molecule has 2 fully saturated rings. The van der Waals surface area contributed by atoms with Crippen LogP contribution in [0.1, 0.15) is 64.2 Å². The monoisotopic (exact) mass is 808 g/mol. The smallest absolute Gasteiger partial charge is 0.305 e. The zero-order valence-corrected chi connectivity index (χ0v) is 31.9. The van der Waals surface area contributed by atoms with Gasteiger partial charge < -0.3 is 53.2 Å². The van der Waals surface area contributed by atoms with Gasteiger partial charge in [-0.05, 0) is 38.5 Å². The van der Waals surface area contributed by atoms with Gasteiger partial charge in [-0.1, -0.05) is 71.9 Å². The van der Waals surface area contributed by atoms with E-state index in [0.717, 1.165) is 52.5 Å². The number of aliphatic carboxylic acids is 1. The molecule has 0 unspecified atom stereocenters. The van der Waals surface area contributed by atoms with E-state index in [9.17, 15) is 9.59 Å². The molecule has 0 radical (unpaired) electrons. The normalized spacial score (nSPS) is 18.3. The van der Waals surface area contributed by atoms with Crippen molar-refractivity contribution >= 4 is 71.0 Å². The number of halogens is 3. The van der Waals surface area contributed by atoms with E-state index in [1.54, 1.807) is 0 Å². The van der Waals surface area contributed by atoms with E-state index >= 15 is 0 Å². The van der Waals surface area contributed by atoms with Gasteiger partial charge in [-0.15, -0.1) is 0 Å². The number of carbonyl (C=O) groups is 2. The molecular weight excluding hydrogens is 760 g/mol. The largest absolute Gasteiger partial charge is 1.00 e. The second-order valence-corrected chi connectivity index (χ2v) is 16.8. The number of unbranched alkanes of at least 4 members (excludes halogenated alkanes) is 2. The van der Waals surface area contributed by atoms with Crippen molar-refractivity contribution in [3.8, 4) is 0 Å². The maximum atomic E-state index is 11.5. The van der Waals surface area contributed by atoms with Crippen molar-refractivity contribution in [3.63, 3.8) is 0 Å². The minimum Gasteiger partial charge on any atom is -1.00 e. The predicted molar refractivity (Wildman–Crippen MR) is 167 cm³/mol. The summed E-state index contributed by atoms with van der Waals surface area (Å²) in [6.45, 7) is 2.62. The van der Waals surface area contributed by atoms with Crippen molar-refractivity contribution in [1.82, 2.24) is 0 Å². The van der Waals surface area contributed by atoms with Crippen LogP contribution in [0, 0.1) is 0 Å². The third-order valence-electron chi connectivity index (χ3n) is 5.40. The molecule has 0 aliphatic carbocycles. The Balaban J connectivity index is -0.000000531. The number of carbonyl (C=O) groups excluding carboxylic acids is 1. The van der Waals surface area contributed by atoms with Crippen LogP contribution in [0.15, 0.2) is 0 Å². The summed E-state index contributed by atoms with van der Waals surface area (Å²) in [4.78, 5) is 23.2.